The topological polar surface area (TPSA) is 116 Å². The Labute approximate surface area is 169 Å². The Hall–Kier alpha value is -3.53. The number of rotatable bonds is 6. The fourth-order valence-electron chi connectivity index (χ4n) is 2.62. The van der Waals surface area contributed by atoms with Crippen molar-refractivity contribution in [2.24, 2.45) is 0 Å². The van der Waals surface area contributed by atoms with E-state index in [1.165, 1.54) is 6.92 Å². The van der Waals surface area contributed by atoms with Gasteiger partial charge in [0.1, 0.15) is 0 Å². The first-order chi connectivity index (χ1) is 14.1. The maximum atomic E-state index is 12.2. The second-order valence-electron chi connectivity index (χ2n) is 6.04. The summed E-state index contributed by atoms with van der Waals surface area (Å²) in [5.41, 5.74) is 1.88. The molecule has 0 fully saturated rings. The molecule has 0 bridgehead atoms. The van der Waals surface area contributed by atoms with E-state index < -0.39 is 0 Å². The highest BCUT2D eigenvalue weighted by molar-refractivity contribution is 7.99. The standard InChI is InChI=1S/C19H16N4O5S/c1-11(24)20-13-3-2-4-14(8-13)21-17(25)9-29-19-23-22-18(28-19)12-5-6-15-16(7-12)27-10-26-15/h2-8H,9-10H2,1H3,(H,20,24)(H,21,25). The van der Waals surface area contributed by atoms with Crippen molar-refractivity contribution in [2.75, 3.05) is 23.2 Å². The number of thioether (sulfide) groups is 1. The van der Waals surface area contributed by atoms with Gasteiger partial charge in [-0.05, 0) is 36.4 Å². The van der Waals surface area contributed by atoms with Crippen molar-refractivity contribution in [3.05, 3.63) is 42.5 Å². The van der Waals surface area contributed by atoms with Crippen molar-refractivity contribution in [3.63, 3.8) is 0 Å². The summed E-state index contributed by atoms with van der Waals surface area (Å²) in [6.07, 6.45) is 0. The number of amides is 2. The molecule has 2 N–H and O–H groups in total. The predicted molar refractivity (Wildman–Crippen MR) is 106 cm³/mol. The highest BCUT2D eigenvalue weighted by Gasteiger charge is 2.17. The van der Waals surface area contributed by atoms with Crippen LogP contribution >= 0.6 is 11.8 Å². The van der Waals surface area contributed by atoms with Crippen LogP contribution in [0.4, 0.5) is 11.4 Å². The van der Waals surface area contributed by atoms with E-state index in [4.69, 9.17) is 13.9 Å². The largest absolute Gasteiger partial charge is 0.454 e. The zero-order chi connectivity index (χ0) is 20.2. The summed E-state index contributed by atoms with van der Waals surface area (Å²) in [5, 5.41) is 13.7. The van der Waals surface area contributed by atoms with E-state index in [1.54, 1.807) is 42.5 Å². The monoisotopic (exact) mass is 412 g/mol. The summed E-state index contributed by atoms with van der Waals surface area (Å²) in [4.78, 5) is 23.3. The molecule has 1 aromatic heterocycles. The van der Waals surface area contributed by atoms with Gasteiger partial charge in [0.05, 0.1) is 5.75 Å². The number of nitrogens with zero attached hydrogens (tertiary/aromatic N) is 2. The number of fused-ring (bicyclic) bond motifs is 1. The molecule has 0 unspecified atom stereocenters. The highest BCUT2D eigenvalue weighted by atomic mass is 32.2. The Kier molecular flexibility index (Phi) is 5.34. The summed E-state index contributed by atoms with van der Waals surface area (Å²) in [6, 6.07) is 12.2. The second-order valence-corrected chi connectivity index (χ2v) is 6.97. The maximum absolute atomic E-state index is 12.2. The van der Waals surface area contributed by atoms with Crippen molar-refractivity contribution >= 4 is 35.0 Å². The van der Waals surface area contributed by atoms with E-state index in [0.29, 0.717) is 34.3 Å². The molecule has 10 heteroatoms. The minimum Gasteiger partial charge on any atom is -0.454 e. The molecule has 1 aliphatic rings. The van der Waals surface area contributed by atoms with Gasteiger partial charge in [-0.2, -0.15) is 0 Å². The van der Waals surface area contributed by atoms with Gasteiger partial charge in [0.15, 0.2) is 11.5 Å². The van der Waals surface area contributed by atoms with E-state index in [-0.39, 0.29) is 29.6 Å². The lowest BCUT2D eigenvalue weighted by molar-refractivity contribution is -0.114. The van der Waals surface area contributed by atoms with Crippen LogP contribution in [0.2, 0.25) is 0 Å². The Morgan fingerprint density at radius 1 is 1.03 bits per heavy atom. The Balaban J connectivity index is 1.34. The number of ether oxygens (including phenoxy) is 2. The van der Waals surface area contributed by atoms with Gasteiger partial charge in [0.25, 0.3) is 5.22 Å². The van der Waals surface area contributed by atoms with Gasteiger partial charge in [0, 0.05) is 23.9 Å². The molecule has 4 rings (SSSR count). The van der Waals surface area contributed by atoms with Crippen LogP contribution < -0.4 is 20.1 Å². The molecule has 29 heavy (non-hydrogen) atoms. The average Bonchev–Trinajstić information content (AvgIpc) is 3.35. The molecule has 2 heterocycles. The normalized spacial score (nSPS) is 11.9. The number of carbonyl (C=O) groups is 2. The van der Waals surface area contributed by atoms with Crippen LogP contribution in [0.15, 0.2) is 52.1 Å². The third-order valence-electron chi connectivity index (χ3n) is 3.82. The SMILES string of the molecule is CC(=O)Nc1cccc(NC(=O)CSc2nnc(-c3ccc4c(c3)OCO4)o2)c1. The molecule has 0 radical (unpaired) electrons. The molecule has 148 valence electrons. The summed E-state index contributed by atoms with van der Waals surface area (Å²) < 4.78 is 16.2. The smallest absolute Gasteiger partial charge is 0.277 e. The summed E-state index contributed by atoms with van der Waals surface area (Å²) in [5.74, 6) is 1.29. The number of carbonyl (C=O) groups excluding carboxylic acids is 2. The van der Waals surface area contributed by atoms with Gasteiger partial charge in [-0.1, -0.05) is 17.8 Å². The van der Waals surface area contributed by atoms with Crippen LogP contribution in [-0.4, -0.2) is 34.6 Å². The molecule has 3 aromatic rings. The zero-order valence-corrected chi connectivity index (χ0v) is 16.1. The summed E-state index contributed by atoms with van der Waals surface area (Å²) in [6.45, 7) is 1.61. The van der Waals surface area contributed by atoms with Crippen LogP contribution in [0.1, 0.15) is 6.92 Å². The van der Waals surface area contributed by atoms with Gasteiger partial charge in [-0.25, -0.2) is 0 Å². The van der Waals surface area contributed by atoms with Gasteiger partial charge in [0.2, 0.25) is 24.5 Å². The second kappa shape index (κ2) is 8.23. The molecule has 1 aliphatic heterocycles. The summed E-state index contributed by atoms with van der Waals surface area (Å²) >= 11 is 1.13. The van der Waals surface area contributed by atoms with Gasteiger partial charge < -0.3 is 24.5 Å². The first-order valence-electron chi connectivity index (χ1n) is 8.61. The minimum absolute atomic E-state index is 0.0904. The Morgan fingerprint density at radius 2 is 1.83 bits per heavy atom. The number of hydrogen-bond donors (Lipinski definition) is 2. The van der Waals surface area contributed by atoms with Gasteiger partial charge in [-0.15, -0.1) is 10.2 Å². The van der Waals surface area contributed by atoms with E-state index in [2.05, 4.69) is 20.8 Å². The lowest BCUT2D eigenvalue weighted by atomic mass is 10.2. The van der Waals surface area contributed by atoms with Crippen molar-refractivity contribution in [3.8, 4) is 23.0 Å². The number of hydrogen-bond acceptors (Lipinski definition) is 8. The predicted octanol–water partition coefficient (Wildman–Crippen LogP) is 3.15. The molecule has 2 aromatic carbocycles. The van der Waals surface area contributed by atoms with E-state index >= 15 is 0 Å². The molecule has 9 nitrogen and oxygen atoms in total. The van der Waals surface area contributed by atoms with Crippen LogP contribution in [0.3, 0.4) is 0 Å². The fraction of sp³-hybridized carbons (Fsp3) is 0.158. The van der Waals surface area contributed by atoms with Crippen molar-refractivity contribution < 1.29 is 23.5 Å². The van der Waals surface area contributed by atoms with E-state index in [0.717, 1.165) is 11.8 Å². The fourth-order valence-corrected chi connectivity index (χ4v) is 3.18. The first-order valence-corrected chi connectivity index (χ1v) is 9.59. The van der Waals surface area contributed by atoms with E-state index in [1.807, 2.05) is 0 Å². The molecule has 0 atom stereocenters. The summed E-state index contributed by atoms with van der Waals surface area (Å²) in [7, 11) is 0. The molecule has 0 aliphatic carbocycles. The maximum Gasteiger partial charge on any atom is 0.277 e. The molecular weight excluding hydrogens is 396 g/mol. The van der Waals surface area contributed by atoms with Gasteiger partial charge >= 0.3 is 0 Å². The molecule has 0 spiro atoms. The lowest BCUT2D eigenvalue weighted by Crippen LogP contribution is -2.14. The van der Waals surface area contributed by atoms with Gasteiger partial charge in [-0.3, -0.25) is 9.59 Å². The van der Waals surface area contributed by atoms with Crippen LogP contribution in [0.25, 0.3) is 11.5 Å². The molecule has 0 saturated carbocycles. The number of nitrogens with one attached hydrogen (secondary N) is 2. The quantitative estimate of drug-likeness (QED) is 0.593. The zero-order valence-electron chi connectivity index (χ0n) is 15.3. The van der Waals surface area contributed by atoms with Crippen molar-refractivity contribution in [1.82, 2.24) is 10.2 Å². The first kappa shape index (κ1) is 18.8. The Morgan fingerprint density at radius 3 is 2.66 bits per heavy atom. The highest BCUT2D eigenvalue weighted by Crippen LogP contribution is 2.36. The van der Waals surface area contributed by atoms with Crippen LogP contribution in [-0.2, 0) is 9.59 Å². The molecular formula is C19H16N4O5S. The lowest BCUT2D eigenvalue weighted by Gasteiger charge is -2.07. The minimum atomic E-state index is -0.238. The third kappa shape index (κ3) is 4.66. The van der Waals surface area contributed by atoms with Crippen molar-refractivity contribution in [1.29, 1.82) is 0 Å². The third-order valence-corrected chi connectivity index (χ3v) is 4.64. The average molecular weight is 412 g/mol. The number of aromatic nitrogens is 2. The number of benzene rings is 2. The Bertz CT molecular complexity index is 1070. The van der Waals surface area contributed by atoms with Crippen LogP contribution in [0.5, 0.6) is 11.5 Å². The van der Waals surface area contributed by atoms with E-state index in [9.17, 15) is 9.59 Å². The molecule has 0 saturated heterocycles. The van der Waals surface area contributed by atoms with Crippen molar-refractivity contribution in [2.45, 2.75) is 12.1 Å². The van der Waals surface area contributed by atoms with Crippen LogP contribution in [0, 0.1) is 0 Å². The number of anilines is 2. The molecule has 2 amide bonds.